The van der Waals surface area contributed by atoms with Crippen LogP contribution in [0.5, 0.6) is 5.75 Å². The molecular weight excluding hydrogens is 236 g/mol. The lowest BCUT2D eigenvalue weighted by Gasteiger charge is -2.46. The number of fused-ring (bicyclic) bond motifs is 2. The maximum absolute atomic E-state index is 5.49. The number of rotatable bonds is 2. The molecule has 0 amide bonds. The summed E-state index contributed by atoms with van der Waals surface area (Å²) in [6, 6.07) is 8.68. The fourth-order valence-corrected chi connectivity index (χ4v) is 3.52. The molecule has 2 unspecified atom stereocenters. The van der Waals surface area contributed by atoms with Crippen LogP contribution in [0.2, 0.25) is 0 Å². The van der Waals surface area contributed by atoms with Crippen molar-refractivity contribution in [2.45, 2.75) is 45.2 Å². The first-order valence-electron chi connectivity index (χ1n) is 6.96. The maximum atomic E-state index is 5.49. The van der Waals surface area contributed by atoms with Gasteiger partial charge in [-0.3, -0.25) is 4.99 Å². The van der Waals surface area contributed by atoms with E-state index < -0.39 is 0 Å². The van der Waals surface area contributed by atoms with Crippen molar-refractivity contribution in [1.29, 1.82) is 0 Å². The summed E-state index contributed by atoms with van der Waals surface area (Å²) in [4.78, 5) is 7.15. The van der Waals surface area contributed by atoms with Gasteiger partial charge < -0.3 is 9.64 Å². The molecule has 0 spiro atoms. The van der Waals surface area contributed by atoms with Gasteiger partial charge in [-0.2, -0.15) is 0 Å². The second-order valence-electron chi connectivity index (χ2n) is 6.37. The standard InChI is InChI=1S/C16H22N2O/c1-15(2)14-9-10-16(15,3)17-11-18(14)12-7-5-6-8-13(12)19-4/h5-8,11,14H,9-10H2,1-4H3. The summed E-state index contributed by atoms with van der Waals surface area (Å²) in [6.07, 6.45) is 4.36. The van der Waals surface area contributed by atoms with Crippen LogP contribution in [0.4, 0.5) is 5.69 Å². The summed E-state index contributed by atoms with van der Waals surface area (Å²) in [5.74, 6) is 0.917. The Morgan fingerprint density at radius 2 is 2.00 bits per heavy atom. The molecule has 1 aromatic rings. The van der Waals surface area contributed by atoms with E-state index >= 15 is 0 Å². The van der Waals surface area contributed by atoms with Crippen LogP contribution in [0.25, 0.3) is 0 Å². The molecular formula is C16H22N2O. The van der Waals surface area contributed by atoms with Crippen LogP contribution in [0.15, 0.2) is 29.3 Å². The molecule has 1 aliphatic heterocycles. The highest BCUT2D eigenvalue weighted by molar-refractivity contribution is 5.85. The van der Waals surface area contributed by atoms with Crippen molar-refractivity contribution < 1.29 is 4.74 Å². The number of hydrogen-bond donors (Lipinski definition) is 0. The Bertz CT molecular complexity index is 523. The molecule has 3 nitrogen and oxygen atoms in total. The highest BCUT2D eigenvalue weighted by Crippen LogP contribution is 2.53. The molecule has 1 saturated carbocycles. The van der Waals surface area contributed by atoms with Gasteiger partial charge in [0.1, 0.15) is 5.75 Å². The molecule has 2 aliphatic rings. The molecule has 0 saturated heterocycles. The van der Waals surface area contributed by atoms with E-state index in [0.29, 0.717) is 6.04 Å². The van der Waals surface area contributed by atoms with Gasteiger partial charge in [-0.25, -0.2) is 0 Å². The topological polar surface area (TPSA) is 24.8 Å². The Labute approximate surface area is 115 Å². The molecule has 2 atom stereocenters. The molecule has 0 radical (unpaired) electrons. The fourth-order valence-electron chi connectivity index (χ4n) is 3.52. The highest BCUT2D eigenvalue weighted by atomic mass is 16.5. The Hall–Kier alpha value is -1.51. The zero-order valence-electron chi connectivity index (χ0n) is 12.2. The van der Waals surface area contributed by atoms with Gasteiger partial charge >= 0.3 is 0 Å². The van der Waals surface area contributed by atoms with Gasteiger partial charge in [0.25, 0.3) is 0 Å². The summed E-state index contributed by atoms with van der Waals surface area (Å²) in [6.45, 7) is 6.95. The van der Waals surface area contributed by atoms with E-state index in [1.807, 2.05) is 18.5 Å². The van der Waals surface area contributed by atoms with E-state index in [1.54, 1.807) is 7.11 Å². The predicted molar refractivity (Wildman–Crippen MR) is 79.2 cm³/mol. The molecule has 1 aromatic carbocycles. The van der Waals surface area contributed by atoms with E-state index in [0.717, 1.165) is 17.9 Å². The van der Waals surface area contributed by atoms with Crippen molar-refractivity contribution in [3.8, 4) is 5.75 Å². The third kappa shape index (κ3) is 1.60. The minimum Gasteiger partial charge on any atom is -0.495 e. The van der Waals surface area contributed by atoms with Gasteiger partial charge in [-0.05, 0) is 31.9 Å². The average molecular weight is 258 g/mol. The van der Waals surface area contributed by atoms with Crippen LogP contribution in [-0.2, 0) is 0 Å². The first-order valence-corrected chi connectivity index (χ1v) is 6.96. The van der Waals surface area contributed by atoms with Crippen molar-refractivity contribution in [2.24, 2.45) is 10.4 Å². The molecule has 0 aromatic heterocycles. The van der Waals surface area contributed by atoms with Crippen molar-refractivity contribution in [1.82, 2.24) is 0 Å². The van der Waals surface area contributed by atoms with Crippen molar-refractivity contribution >= 4 is 12.0 Å². The average Bonchev–Trinajstić information content (AvgIpc) is 2.56. The van der Waals surface area contributed by atoms with Crippen LogP contribution < -0.4 is 9.64 Å². The molecule has 19 heavy (non-hydrogen) atoms. The quantitative estimate of drug-likeness (QED) is 0.811. The maximum Gasteiger partial charge on any atom is 0.142 e. The van der Waals surface area contributed by atoms with Crippen molar-refractivity contribution in [3.63, 3.8) is 0 Å². The summed E-state index contributed by atoms with van der Waals surface area (Å²) in [5.41, 5.74) is 1.38. The van der Waals surface area contributed by atoms with Crippen LogP contribution in [0.1, 0.15) is 33.6 Å². The largest absolute Gasteiger partial charge is 0.495 e. The Kier molecular flexibility index (Phi) is 2.63. The van der Waals surface area contributed by atoms with Crippen molar-refractivity contribution in [3.05, 3.63) is 24.3 Å². The summed E-state index contributed by atoms with van der Waals surface area (Å²) >= 11 is 0. The molecule has 102 valence electrons. The van der Waals surface area contributed by atoms with E-state index in [9.17, 15) is 0 Å². The number of hydrogen-bond acceptors (Lipinski definition) is 3. The van der Waals surface area contributed by atoms with Crippen LogP contribution >= 0.6 is 0 Å². The summed E-state index contributed by atoms with van der Waals surface area (Å²) in [7, 11) is 1.73. The normalized spacial score (nSPS) is 31.6. The number of methoxy groups -OCH3 is 1. The van der Waals surface area contributed by atoms with Gasteiger partial charge in [0, 0.05) is 11.5 Å². The minimum absolute atomic E-state index is 0.0795. The second kappa shape index (κ2) is 3.99. The Morgan fingerprint density at radius 3 is 2.74 bits per heavy atom. The molecule has 1 heterocycles. The van der Waals surface area contributed by atoms with Gasteiger partial charge in [-0.1, -0.05) is 26.0 Å². The van der Waals surface area contributed by atoms with Gasteiger partial charge in [0.15, 0.2) is 0 Å². The predicted octanol–water partition coefficient (Wildman–Crippen LogP) is 3.49. The third-order valence-electron chi connectivity index (χ3n) is 5.29. The first kappa shape index (κ1) is 12.5. The number of nitrogens with zero attached hydrogens (tertiary/aromatic N) is 2. The Balaban J connectivity index is 2.06. The lowest BCUT2D eigenvalue weighted by Crippen LogP contribution is -2.53. The van der Waals surface area contributed by atoms with Gasteiger partial charge in [0.2, 0.25) is 0 Å². The van der Waals surface area contributed by atoms with E-state index in [1.165, 1.54) is 6.42 Å². The monoisotopic (exact) mass is 258 g/mol. The van der Waals surface area contributed by atoms with Crippen LogP contribution in [-0.4, -0.2) is 25.0 Å². The fraction of sp³-hybridized carbons (Fsp3) is 0.562. The number of benzene rings is 1. The molecule has 1 aliphatic carbocycles. The smallest absolute Gasteiger partial charge is 0.142 e. The summed E-state index contributed by atoms with van der Waals surface area (Å²) < 4.78 is 5.49. The third-order valence-corrected chi connectivity index (χ3v) is 5.29. The molecule has 2 bridgehead atoms. The lowest BCUT2D eigenvalue weighted by atomic mass is 9.73. The zero-order chi connectivity index (χ0) is 13.7. The van der Waals surface area contributed by atoms with E-state index in [2.05, 4.69) is 37.8 Å². The highest BCUT2D eigenvalue weighted by Gasteiger charge is 2.55. The number of para-hydroxylation sites is 2. The number of anilines is 1. The lowest BCUT2D eigenvalue weighted by molar-refractivity contribution is 0.200. The summed E-state index contributed by atoms with van der Waals surface area (Å²) in [5, 5.41) is 0. The molecule has 1 fully saturated rings. The SMILES string of the molecule is COc1ccccc1N1C=NC2(C)CCC1C2(C)C. The molecule has 0 N–H and O–H groups in total. The van der Waals surface area contributed by atoms with Crippen LogP contribution in [0.3, 0.4) is 0 Å². The second-order valence-corrected chi connectivity index (χ2v) is 6.37. The van der Waals surface area contributed by atoms with Crippen molar-refractivity contribution in [2.75, 3.05) is 12.0 Å². The molecule has 3 rings (SSSR count). The van der Waals surface area contributed by atoms with E-state index in [4.69, 9.17) is 9.73 Å². The van der Waals surface area contributed by atoms with Gasteiger partial charge in [0.05, 0.1) is 24.7 Å². The van der Waals surface area contributed by atoms with E-state index in [-0.39, 0.29) is 11.0 Å². The number of ether oxygens (including phenoxy) is 1. The minimum atomic E-state index is 0.0795. The Morgan fingerprint density at radius 1 is 1.26 bits per heavy atom. The number of aliphatic imine (C=N–C) groups is 1. The molecule has 3 heteroatoms. The first-order chi connectivity index (χ1) is 8.99. The van der Waals surface area contributed by atoms with Gasteiger partial charge in [-0.15, -0.1) is 0 Å². The zero-order valence-corrected chi connectivity index (χ0v) is 12.2. The van der Waals surface area contributed by atoms with Crippen LogP contribution in [0, 0.1) is 5.41 Å².